The molecule has 0 unspecified atom stereocenters. The van der Waals surface area contributed by atoms with Gasteiger partial charge in [0.25, 0.3) is 0 Å². The third-order valence-electron chi connectivity index (χ3n) is 3.21. The van der Waals surface area contributed by atoms with Gasteiger partial charge in [0, 0.05) is 36.2 Å². The highest BCUT2D eigenvalue weighted by Gasteiger charge is 2.41. The molecule has 1 aliphatic rings. The lowest BCUT2D eigenvalue weighted by molar-refractivity contribution is -0.148. The molecule has 1 aromatic rings. The van der Waals surface area contributed by atoms with Crippen molar-refractivity contribution in [3.63, 3.8) is 0 Å². The van der Waals surface area contributed by atoms with Crippen LogP contribution in [0.3, 0.4) is 0 Å². The molecule has 0 aromatic heterocycles. The van der Waals surface area contributed by atoms with Crippen molar-refractivity contribution in [2.24, 2.45) is 0 Å². The zero-order valence-corrected chi connectivity index (χ0v) is 12.3. The van der Waals surface area contributed by atoms with E-state index in [0.717, 1.165) is 4.47 Å². The molecule has 20 heavy (non-hydrogen) atoms. The first-order valence-electron chi connectivity index (χ1n) is 6.18. The monoisotopic (exact) mass is 342 g/mol. The van der Waals surface area contributed by atoms with Gasteiger partial charge in [0.2, 0.25) is 0 Å². The third-order valence-corrected chi connectivity index (χ3v) is 3.74. The van der Waals surface area contributed by atoms with Crippen LogP contribution < -0.4 is 10.6 Å². The number of hydrogen-bond donors (Lipinski definition) is 3. The normalized spacial score (nSPS) is 17.2. The number of carboxylic acids is 1. The summed E-state index contributed by atoms with van der Waals surface area (Å²) in [5, 5.41) is 14.5. The zero-order chi connectivity index (χ0) is 14.6. The second kappa shape index (κ2) is 6.23. The van der Waals surface area contributed by atoms with Gasteiger partial charge in [-0.15, -0.1) is 0 Å². The topological polar surface area (TPSA) is 87.7 Å². The predicted molar refractivity (Wildman–Crippen MR) is 76.7 cm³/mol. The lowest BCUT2D eigenvalue weighted by atomic mass is 9.90. The highest BCUT2D eigenvalue weighted by molar-refractivity contribution is 9.10. The van der Waals surface area contributed by atoms with Crippen LogP contribution in [0.15, 0.2) is 28.7 Å². The molecule has 6 nitrogen and oxygen atoms in total. The van der Waals surface area contributed by atoms with Crippen LogP contribution in [0.25, 0.3) is 0 Å². The number of carbonyl (C=O) groups is 2. The Morgan fingerprint density at radius 2 is 1.80 bits per heavy atom. The number of aliphatic carboxylic acids is 1. The van der Waals surface area contributed by atoms with E-state index in [4.69, 9.17) is 4.74 Å². The van der Waals surface area contributed by atoms with Crippen molar-refractivity contribution < 1.29 is 19.4 Å². The quantitative estimate of drug-likeness (QED) is 0.785. The fourth-order valence-electron chi connectivity index (χ4n) is 2.03. The average molecular weight is 343 g/mol. The lowest BCUT2D eigenvalue weighted by Gasteiger charge is -2.33. The van der Waals surface area contributed by atoms with Gasteiger partial charge in [-0.25, -0.2) is 9.59 Å². The maximum absolute atomic E-state index is 11.9. The van der Waals surface area contributed by atoms with Crippen molar-refractivity contribution in [3.8, 4) is 0 Å². The van der Waals surface area contributed by atoms with E-state index in [0.29, 0.717) is 18.9 Å². The van der Waals surface area contributed by atoms with E-state index in [1.807, 2.05) is 0 Å². The van der Waals surface area contributed by atoms with Crippen LogP contribution in [-0.4, -0.2) is 35.9 Å². The van der Waals surface area contributed by atoms with Crippen LogP contribution in [0.2, 0.25) is 0 Å². The molecule has 1 heterocycles. The Balaban J connectivity index is 2.01. The minimum atomic E-state index is -1.25. The molecule has 7 heteroatoms. The van der Waals surface area contributed by atoms with Crippen molar-refractivity contribution in [1.82, 2.24) is 5.32 Å². The molecular formula is C13H15BrN2O4. The number of urea groups is 1. The second-order valence-electron chi connectivity index (χ2n) is 4.59. The van der Waals surface area contributed by atoms with Gasteiger partial charge < -0.3 is 20.5 Å². The van der Waals surface area contributed by atoms with Gasteiger partial charge in [0.15, 0.2) is 0 Å². The largest absolute Gasteiger partial charge is 0.480 e. The number of amides is 2. The molecular weight excluding hydrogens is 328 g/mol. The fourth-order valence-corrected chi connectivity index (χ4v) is 2.29. The highest BCUT2D eigenvalue weighted by atomic mass is 79.9. The molecule has 3 N–H and O–H groups in total. The Hall–Kier alpha value is -1.60. The molecule has 1 fully saturated rings. The molecule has 0 atom stereocenters. The zero-order valence-electron chi connectivity index (χ0n) is 10.7. The van der Waals surface area contributed by atoms with Gasteiger partial charge in [0.1, 0.15) is 5.54 Å². The number of anilines is 1. The van der Waals surface area contributed by atoms with Crippen LogP contribution in [0.4, 0.5) is 10.5 Å². The molecule has 0 saturated carbocycles. The van der Waals surface area contributed by atoms with Crippen LogP contribution in [0.5, 0.6) is 0 Å². The van der Waals surface area contributed by atoms with Crippen LogP contribution in [0.1, 0.15) is 12.8 Å². The Bertz CT molecular complexity index is 498. The fraction of sp³-hybridized carbons (Fsp3) is 0.385. The smallest absolute Gasteiger partial charge is 0.329 e. The lowest BCUT2D eigenvalue weighted by Crippen LogP contribution is -2.58. The van der Waals surface area contributed by atoms with Gasteiger partial charge in [-0.2, -0.15) is 0 Å². The summed E-state index contributed by atoms with van der Waals surface area (Å²) in [5.74, 6) is -1.04. The number of nitrogens with one attached hydrogen (secondary N) is 2. The summed E-state index contributed by atoms with van der Waals surface area (Å²) in [6.45, 7) is 0.649. The molecule has 1 aromatic carbocycles. The summed E-state index contributed by atoms with van der Waals surface area (Å²) in [6.07, 6.45) is 0.520. The van der Waals surface area contributed by atoms with E-state index in [-0.39, 0.29) is 12.8 Å². The minimum Gasteiger partial charge on any atom is -0.480 e. The Kier molecular flexibility index (Phi) is 4.61. The average Bonchev–Trinajstić information content (AvgIpc) is 2.42. The van der Waals surface area contributed by atoms with Crippen LogP contribution in [-0.2, 0) is 9.53 Å². The Morgan fingerprint density at radius 3 is 2.35 bits per heavy atom. The first-order chi connectivity index (χ1) is 9.52. The summed E-state index contributed by atoms with van der Waals surface area (Å²) >= 11 is 3.30. The molecule has 1 saturated heterocycles. The molecule has 0 spiro atoms. The van der Waals surface area contributed by atoms with E-state index < -0.39 is 17.5 Å². The summed E-state index contributed by atoms with van der Waals surface area (Å²) in [4.78, 5) is 23.3. The van der Waals surface area contributed by atoms with Gasteiger partial charge in [0.05, 0.1) is 0 Å². The van der Waals surface area contributed by atoms with E-state index in [1.54, 1.807) is 24.3 Å². The molecule has 1 aliphatic heterocycles. The van der Waals surface area contributed by atoms with Crippen molar-refractivity contribution in [1.29, 1.82) is 0 Å². The SMILES string of the molecule is O=C(Nc1ccc(Br)cc1)NC1(C(=O)O)CCOCC1. The first kappa shape index (κ1) is 14.8. The number of rotatable bonds is 3. The molecule has 2 rings (SSSR count). The van der Waals surface area contributed by atoms with Gasteiger partial charge >= 0.3 is 12.0 Å². The maximum Gasteiger partial charge on any atom is 0.329 e. The molecule has 0 aliphatic carbocycles. The van der Waals surface area contributed by atoms with Crippen molar-refractivity contribution in [2.45, 2.75) is 18.4 Å². The Labute approximate surface area is 124 Å². The highest BCUT2D eigenvalue weighted by Crippen LogP contribution is 2.21. The number of ether oxygens (including phenoxy) is 1. The summed E-state index contributed by atoms with van der Waals surface area (Å²) in [7, 11) is 0. The summed E-state index contributed by atoms with van der Waals surface area (Å²) < 4.78 is 6.05. The van der Waals surface area contributed by atoms with E-state index in [2.05, 4.69) is 26.6 Å². The molecule has 108 valence electrons. The minimum absolute atomic E-state index is 0.260. The van der Waals surface area contributed by atoms with Crippen LogP contribution in [0, 0.1) is 0 Å². The number of carbonyl (C=O) groups excluding carboxylic acids is 1. The number of halogens is 1. The van der Waals surface area contributed by atoms with E-state index >= 15 is 0 Å². The van der Waals surface area contributed by atoms with Crippen LogP contribution >= 0.6 is 15.9 Å². The number of benzene rings is 1. The molecule has 2 amide bonds. The maximum atomic E-state index is 11.9. The second-order valence-corrected chi connectivity index (χ2v) is 5.50. The Morgan fingerprint density at radius 1 is 1.20 bits per heavy atom. The van der Waals surface area contributed by atoms with E-state index in [1.165, 1.54) is 0 Å². The van der Waals surface area contributed by atoms with Crippen molar-refractivity contribution in [3.05, 3.63) is 28.7 Å². The number of hydrogen-bond acceptors (Lipinski definition) is 3. The third kappa shape index (κ3) is 3.49. The van der Waals surface area contributed by atoms with Crippen molar-refractivity contribution >= 4 is 33.6 Å². The summed E-state index contributed by atoms with van der Waals surface area (Å²) in [6, 6.07) is 6.49. The molecule has 0 bridgehead atoms. The van der Waals surface area contributed by atoms with Gasteiger partial charge in [-0.3, -0.25) is 0 Å². The summed E-state index contributed by atoms with van der Waals surface area (Å²) in [5.41, 5.74) is -0.657. The first-order valence-corrected chi connectivity index (χ1v) is 6.97. The standard InChI is InChI=1S/C13H15BrN2O4/c14-9-1-3-10(4-2-9)15-12(19)16-13(11(17)18)5-7-20-8-6-13/h1-4H,5-8H2,(H,17,18)(H2,15,16,19). The predicted octanol–water partition coefficient (Wildman–Crippen LogP) is 2.20. The van der Waals surface area contributed by atoms with Crippen molar-refractivity contribution in [2.75, 3.05) is 18.5 Å². The molecule has 0 radical (unpaired) electrons. The van der Waals surface area contributed by atoms with Gasteiger partial charge in [-0.05, 0) is 24.3 Å². The number of carboxylic acid groups (broad SMARTS) is 1. The van der Waals surface area contributed by atoms with E-state index in [9.17, 15) is 14.7 Å². The van der Waals surface area contributed by atoms with Gasteiger partial charge in [-0.1, -0.05) is 15.9 Å².